The zero-order valence-electron chi connectivity index (χ0n) is 7.99. The first-order chi connectivity index (χ1) is 6.05. The molecular formula is C7H17NO4S. The average molecular weight is 211 g/mol. The lowest BCUT2D eigenvalue weighted by molar-refractivity contribution is 0.173. The molecule has 0 fully saturated rings. The summed E-state index contributed by atoms with van der Waals surface area (Å²) in [6, 6.07) is -0.207. The summed E-state index contributed by atoms with van der Waals surface area (Å²) in [6.45, 7) is 1.85. The molecule has 1 unspecified atom stereocenters. The lowest BCUT2D eigenvalue weighted by Gasteiger charge is -2.15. The van der Waals surface area contributed by atoms with Crippen LogP contribution in [0.1, 0.15) is 13.3 Å². The van der Waals surface area contributed by atoms with Gasteiger partial charge in [0, 0.05) is 13.2 Å². The molecule has 2 N–H and O–H groups in total. The van der Waals surface area contributed by atoms with Crippen molar-refractivity contribution >= 4 is 10.0 Å². The zero-order chi connectivity index (χ0) is 10.3. The minimum Gasteiger partial charge on any atom is -0.395 e. The summed E-state index contributed by atoms with van der Waals surface area (Å²) >= 11 is 0. The van der Waals surface area contributed by atoms with Crippen molar-refractivity contribution in [1.82, 2.24) is 4.72 Å². The Hall–Kier alpha value is -0.170. The summed E-state index contributed by atoms with van der Waals surface area (Å²) < 4.78 is 29.6. The molecule has 5 nitrogen and oxygen atoms in total. The van der Waals surface area contributed by atoms with E-state index in [0.717, 1.165) is 0 Å². The van der Waals surface area contributed by atoms with Crippen LogP contribution in [0.4, 0.5) is 0 Å². The topological polar surface area (TPSA) is 75.6 Å². The number of methoxy groups -OCH3 is 1. The Labute approximate surface area is 79.1 Å². The Morgan fingerprint density at radius 2 is 2.15 bits per heavy atom. The fraction of sp³-hybridized carbons (Fsp3) is 1.00. The van der Waals surface area contributed by atoms with Crippen LogP contribution in [-0.4, -0.2) is 45.6 Å². The van der Waals surface area contributed by atoms with Gasteiger partial charge < -0.3 is 9.84 Å². The maximum Gasteiger partial charge on any atom is 0.214 e. The lowest BCUT2D eigenvalue weighted by atomic mass is 10.3. The predicted octanol–water partition coefficient (Wildman–Crippen LogP) is -0.677. The first-order valence-electron chi connectivity index (χ1n) is 4.15. The van der Waals surface area contributed by atoms with E-state index in [1.165, 1.54) is 7.11 Å². The molecule has 0 aromatic heterocycles. The quantitative estimate of drug-likeness (QED) is 0.585. The molecule has 0 spiro atoms. The molecular weight excluding hydrogens is 194 g/mol. The number of sulfonamides is 1. The largest absolute Gasteiger partial charge is 0.395 e. The van der Waals surface area contributed by atoms with E-state index in [1.807, 2.05) is 6.92 Å². The van der Waals surface area contributed by atoms with E-state index in [2.05, 4.69) is 4.72 Å². The molecule has 13 heavy (non-hydrogen) atoms. The number of aliphatic hydroxyl groups excluding tert-OH is 1. The van der Waals surface area contributed by atoms with Crippen LogP contribution in [0.3, 0.4) is 0 Å². The third-order valence-electron chi connectivity index (χ3n) is 1.57. The van der Waals surface area contributed by atoms with E-state index in [0.29, 0.717) is 13.0 Å². The second-order valence-corrected chi connectivity index (χ2v) is 4.59. The summed E-state index contributed by atoms with van der Waals surface area (Å²) in [5.74, 6) is -0.257. The molecule has 0 saturated heterocycles. The van der Waals surface area contributed by atoms with Crippen LogP contribution in [0.5, 0.6) is 0 Å². The van der Waals surface area contributed by atoms with Crippen LogP contribution >= 0.6 is 0 Å². The maximum absolute atomic E-state index is 11.1. The number of ether oxygens (including phenoxy) is 1. The molecule has 0 aliphatic carbocycles. The number of rotatable bonds is 7. The Morgan fingerprint density at radius 3 is 2.54 bits per heavy atom. The minimum absolute atomic E-state index is 0.207. The van der Waals surface area contributed by atoms with Gasteiger partial charge in [-0.2, -0.15) is 0 Å². The summed E-state index contributed by atoms with van der Waals surface area (Å²) in [7, 11) is -1.83. The van der Waals surface area contributed by atoms with E-state index in [9.17, 15) is 8.42 Å². The highest BCUT2D eigenvalue weighted by atomic mass is 32.2. The SMILES string of the molecule is CCC(COC)NS(=O)(=O)CCO. The number of hydrogen-bond acceptors (Lipinski definition) is 4. The van der Waals surface area contributed by atoms with Crippen LogP contribution < -0.4 is 4.72 Å². The van der Waals surface area contributed by atoms with Gasteiger partial charge >= 0.3 is 0 Å². The predicted molar refractivity (Wildman–Crippen MR) is 50.0 cm³/mol. The second kappa shape index (κ2) is 6.31. The first kappa shape index (κ1) is 12.8. The molecule has 0 aliphatic heterocycles. The highest BCUT2D eigenvalue weighted by Gasteiger charge is 2.15. The van der Waals surface area contributed by atoms with Gasteiger partial charge in [-0.1, -0.05) is 6.92 Å². The number of nitrogens with one attached hydrogen (secondary N) is 1. The summed E-state index contributed by atoms with van der Waals surface area (Å²) in [4.78, 5) is 0. The van der Waals surface area contributed by atoms with E-state index in [1.54, 1.807) is 0 Å². The second-order valence-electron chi connectivity index (χ2n) is 2.72. The Morgan fingerprint density at radius 1 is 1.54 bits per heavy atom. The standard InChI is InChI=1S/C7H17NO4S/c1-3-7(6-12-2)8-13(10,11)5-4-9/h7-9H,3-6H2,1-2H3. The summed E-state index contributed by atoms with van der Waals surface area (Å²) in [5, 5.41) is 8.47. The van der Waals surface area contributed by atoms with Crippen molar-refractivity contribution in [3.05, 3.63) is 0 Å². The van der Waals surface area contributed by atoms with Crippen LogP contribution in [0.25, 0.3) is 0 Å². The maximum atomic E-state index is 11.1. The van der Waals surface area contributed by atoms with Crippen LogP contribution in [0.15, 0.2) is 0 Å². The third-order valence-corrected chi connectivity index (χ3v) is 2.98. The highest BCUT2D eigenvalue weighted by molar-refractivity contribution is 7.89. The molecule has 80 valence electrons. The fourth-order valence-electron chi connectivity index (χ4n) is 0.869. The van der Waals surface area contributed by atoms with Gasteiger partial charge in [-0.15, -0.1) is 0 Å². The van der Waals surface area contributed by atoms with Crippen molar-refractivity contribution in [2.45, 2.75) is 19.4 Å². The molecule has 1 atom stereocenters. The number of hydrogen-bond donors (Lipinski definition) is 2. The molecule has 0 rings (SSSR count). The Kier molecular flexibility index (Phi) is 6.23. The smallest absolute Gasteiger partial charge is 0.214 e. The van der Waals surface area contributed by atoms with Crippen LogP contribution in [0, 0.1) is 0 Å². The molecule has 0 radical (unpaired) electrons. The van der Waals surface area contributed by atoms with E-state index >= 15 is 0 Å². The van der Waals surface area contributed by atoms with Crippen molar-refractivity contribution in [3.8, 4) is 0 Å². The minimum atomic E-state index is -3.35. The van der Waals surface area contributed by atoms with Gasteiger partial charge in [0.1, 0.15) is 0 Å². The van der Waals surface area contributed by atoms with Crippen molar-refractivity contribution < 1.29 is 18.3 Å². The number of aliphatic hydroxyl groups is 1. The molecule has 0 aromatic rings. The fourth-order valence-corrected chi connectivity index (χ4v) is 1.97. The summed E-state index contributed by atoms with van der Waals surface area (Å²) in [5.41, 5.74) is 0. The lowest BCUT2D eigenvalue weighted by Crippen LogP contribution is -2.39. The van der Waals surface area contributed by atoms with Gasteiger partial charge in [0.2, 0.25) is 10.0 Å². The van der Waals surface area contributed by atoms with Crippen molar-refractivity contribution in [2.24, 2.45) is 0 Å². The molecule has 0 heterocycles. The van der Waals surface area contributed by atoms with Gasteiger partial charge in [-0.3, -0.25) is 0 Å². The van der Waals surface area contributed by atoms with Crippen molar-refractivity contribution in [2.75, 3.05) is 26.1 Å². The summed E-state index contributed by atoms with van der Waals surface area (Å²) in [6.07, 6.45) is 0.665. The Balaban J connectivity index is 4.06. The monoisotopic (exact) mass is 211 g/mol. The molecule has 0 aliphatic rings. The molecule has 0 amide bonds. The zero-order valence-corrected chi connectivity index (χ0v) is 8.80. The van der Waals surface area contributed by atoms with Crippen molar-refractivity contribution in [1.29, 1.82) is 0 Å². The molecule has 6 heteroatoms. The van der Waals surface area contributed by atoms with Gasteiger partial charge in [-0.05, 0) is 6.42 Å². The van der Waals surface area contributed by atoms with Crippen LogP contribution in [-0.2, 0) is 14.8 Å². The van der Waals surface area contributed by atoms with Gasteiger partial charge in [0.25, 0.3) is 0 Å². The average Bonchev–Trinajstić information content (AvgIpc) is 2.03. The molecule has 0 saturated carbocycles. The third kappa shape index (κ3) is 5.98. The van der Waals surface area contributed by atoms with Gasteiger partial charge in [-0.25, -0.2) is 13.1 Å². The molecule has 0 aromatic carbocycles. The van der Waals surface area contributed by atoms with Gasteiger partial charge in [0.15, 0.2) is 0 Å². The molecule has 0 bridgehead atoms. The van der Waals surface area contributed by atoms with E-state index in [4.69, 9.17) is 9.84 Å². The normalized spacial score (nSPS) is 14.4. The Bertz CT molecular complexity index is 215. The van der Waals surface area contributed by atoms with Gasteiger partial charge in [0.05, 0.1) is 19.0 Å². The first-order valence-corrected chi connectivity index (χ1v) is 5.80. The van der Waals surface area contributed by atoms with Crippen molar-refractivity contribution in [3.63, 3.8) is 0 Å². The van der Waals surface area contributed by atoms with E-state index < -0.39 is 10.0 Å². The highest BCUT2D eigenvalue weighted by Crippen LogP contribution is 1.95. The van der Waals surface area contributed by atoms with E-state index in [-0.39, 0.29) is 18.4 Å². The van der Waals surface area contributed by atoms with Crippen LogP contribution in [0.2, 0.25) is 0 Å².